The second kappa shape index (κ2) is 2.24. The monoisotopic (exact) mass is 115 g/mol. The van der Waals surface area contributed by atoms with Gasteiger partial charge in [0, 0.05) is 6.92 Å². The lowest BCUT2D eigenvalue weighted by molar-refractivity contribution is -0.139. The Morgan fingerprint density at radius 3 is 2.25 bits per heavy atom. The van der Waals surface area contributed by atoms with E-state index in [1.807, 2.05) is 0 Å². The molecule has 0 aromatic rings. The van der Waals surface area contributed by atoms with Gasteiger partial charge in [0.2, 0.25) is 6.29 Å². The zero-order valence-corrected chi connectivity index (χ0v) is 4.42. The molecule has 0 spiro atoms. The van der Waals surface area contributed by atoms with Crippen molar-refractivity contribution < 1.29 is 14.3 Å². The van der Waals surface area contributed by atoms with Crippen LogP contribution in [0.2, 0.25) is 0 Å². The van der Waals surface area contributed by atoms with Crippen molar-refractivity contribution in [3.8, 4) is 0 Å². The molecule has 1 aliphatic heterocycles. The van der Waals surface area contributed by atoms with E-state index in [2.05, 4.69) is 6.92 Å². The summed E-state index contributed by atoms with van der Waals surface area (Å²) in [5.41, 5.74) is 0. The van der Waals surface area contributed by atoms with Crippen LogP contribution in [0.15, 0.2) is 0 Å². The van der Waals surface area contributed by atoms with Gasteiger partial charge in [-0.15, -0.1) is 0 Å². The van der Waals surface area contributed by atoms with Gasteiger partial charge in [-0.25, -0.2) is 0 Å². The Bertz CT molecular complexity index is 93.8. The summed E-state index contributed by atoms with van der Waals surface area (Å²) < 4.78 is 9.56. The second-order valence-electron chi connectivity index (χ2n) is 1.54. The molecule has 1 rings (SSSR count). The van der Waals surface area contributed by atoms with E-state index in [-0.39, 0.29) is 5.78 Å². The fourth-order valence-corrected chi connectivity index (χ4v) is 0.544. The summed E-state index contributed by atoms with van der Waals surface area (Å²) >= 11 is 0. The van der Waals surface area contributed by atoms with Crippen LogP contribution in [0.25, 0.3) is 0 Å². The molecule has 0 bridgehead atoms. The molecule has 0 saturated carbocycles. The summed E-state index contributed by atoms with van der Waals surface area (Å²) in [6.07, 6.45) is -0.685. The van der Waals surface area contributed by atoms with E-state index in [4.69, 9.17) is 9.47 Å². The standard InChI is InChI=1S/C5H7O3/c1-4(6)5-7-2-3-8-5/h5H,1-3H2. The number of ketones is 1. The number of hydrogen-bond donors (Lipinski definition) is 0. The van der Waals surface area contributed by atoms with Crippen LogP contribution in [0.4, 0.5) is 0 Å². The number of ether oxygens (including phenoxy) is 2. The highest BCUT2D eigenvalue weighted by molar-refractivity contribution is 5.85. The average Bonchev–Trinajstić information content (AvgIpc) is 2.12. The van der Waals surface area contributed by atoms with Crippen LogP contribution >= 0.6 is 0 Å². The molecule has 0 atom stereocenters. The van der Waals surface area contributed by atoms with Crippen molar-refractivity contribution in [3.05, 3.63) is 6.92 Å². The van der Waals surface area contributed by atoms with Gasteiger partial charge in [0.1, 0.15) is 0 Å². The molecule has 8 heavy (non-hydrogen) atoms. The molecule has 0 amide bonds. The lowest BCUT2D eigenvalue weighted by Crippen LogP contribution is -2.17. The Morgan fingerprint density at radius 2 is 2.00 bits per heavy atom. The SMILES string of the molecule is [CH2]C(=O)C1OCCO1. The van der Waals surface area contributed by atoms with E-state index in [1.54, 1.807) is 0 Å². The van der Waals surface area contributed by atoms with Gasteiger partial charge in [-0.1, -0.05) is 0 Å². The molecule has 0 aliphatic carbocycles. The number of carbonyl (C=O) groups is 1. The highest BCUT2D eigenvalue weighted by Gasteiger charge is 2.19. The normalized spacial score (nSPS) is 21.6. The van der Waals surface area contributed by atoms with E-state index in [1.165, 1.54) is 0 Å². The van der Waals surface area contributed by atoms with Crippen molar-refractivity contribution in [3.63, 3.8) is 0 Å². The van der Waals surface area contributed by atoms with Gasteiger partial charge >= 0.3 is 0 Å². The predicted molar refractivity (Wildman–Crippen MR) is 26.1 cm³/mol. The van der Waals surface area contributed by atoms with Crippen molar-refractivity contribution in [1.29, 1.82) is 0 Å². The molecule has 1 radical (unpaired) electrons. The van der Waals surface area contributed by atoms with E-state index in [0.29, 0.717) is 13.2 Å². The first kappa shape index (κ1) is 5.72. The molecule has 45 valence electrons. The van der Waals surface area contributed by atoms with E-state index < -0.39 is 6.29 Å². The Labute approximate surface area is 47.6 Å². The van der Waals surface area contributed by atoms with Crippen LogP contribution in [-0.4, -0.2) is 25.3 Å². The van der Waals surface area contributed by atoms with E-state index in [0.717, 1.165) is 0 Å². The third-order valence-electron chi connectivity index (χ3n) is 0.885. The van der Waals surface area contributed by atoms with Crippen molar-refractivity contribution in [2.24, 2.45) is 0 Å². The lowest BCUT2D eigenvalue weighted by Gasteiger charge is -2.00. The van der Waals surface area contributed by atoms with Crippen molar-refractivity contribution in [2.45, 2.75) is 6.29 Å². The van der Waals surface area contributed by atoms with Crippen molar-refractivity contribution in [2.75, 3.05) is 13.2 Å². The molecular weight excluding hydrogens is 108 g/mol. The molecule has 1 aliphatic rings. The third kappa shape index (κ3) is 1.05. The highest BCUT2D eigenvalue weighted by Crippen LogP contribution is 2.02. The fraction of sp³-hybridized carbons (Fsp3) is 0.600. The van der Waals surface area contributed by atoms with Crippen molar-refractivity contribution in [1.82, 2.24) is 0 Å². The summed E-state index contributed by atoms with van der Waals surface area (Å²) in [6, 6.07) is 0. The maximum absolute atomic E-state index is 10.3. The van der Waals surface area contributed by atoms with E-state index in [9.17, 15) is 4.79 Å². The summed E-state index contributed by atoms with van der Waals surface area (Å²) in [6.45, 7) is 4.14. The Morgan fingerprint density at radius 1 is 1.50 bits per heavy atom. The molecule has 0 N–H and O–H groups in total. The molecule has 1 saturated heterocycles. The number of rotatable bonds is 1. The highest BCUT2D eigenvalue weighted by atomic mass is 16.7. The minimum Gasteiger partial charge on any atom is -0.344 e. The molecule has 0 aromatic heterocycles. The van der Waals surface area contributed by atoms with Gasteiger partial charge in [0.15, 0.2) is 5.78 Å². The predicted octanol–water partition coefficient (Wildman–Crippen LogP) is -0.238. The molecule has 1 fully saturated rings. The topological polar surface area (TPSA) is 35.5 Å². The van der Waals surface area contributed by atoms with Crippen LogP contribution in [0.5, 0.6) is 0 Å². The molecule has 1 heterocycles. The van der Waals surface area contributed by atoms with Crippen LogP contribution in [-0.2, 0) is 14.3 Å². The maximum Gasteiger partial charge on any atom is 0.217 e. The van der Waals surface area contributed by atoms with Crippen LogP contribution < -0.4 is 0 Å². The van der Waals surface area contributed by atoms with Gasteiger partial charge in [0.25, 0.3) is 0 Å². The summed E-state index contributed by atoms with van der Waals surface area (Å²) in [7, 11) is 0. The van der Waals surface area contributed by atoms with E-state index >= 15 is 0 Å². The molecule has 0 unspecified atom stereocenters. The largest absolute Gasteiger partial charge is 0.344 e. The van der Waals surface area contributed by atoms with Crippen LogP contribution in [0.3, 0.4) is 0 Å². The van der Waals surface area contributed by atoms with Gasteiger partial charge in [-0.3, -0.25) is 4.79 Å². The first-order valence-electron chi connectivity index (χ1n) is 2.40. The van der Waals surface area contributed by atoms with Gasteiger partial charge < -0.3 is 9.47 Å². The molecule has 3 heteroatoms. The lowest BCUT2D eigenvalue weighted by atomic mass is 10.4. The van der Waals surface area contributed by atoms with Crippen LogP contribution in [0.1, 0.15) is 0 Å². The van der Waals surface area contributed by atoms with Gasteiger partial charge in [-0.2, -0.15) is 0 Å². The van der Waals surface area contributed by atoms with Gasteiger partial charge in [0.05, 0.1) is 13.2 Å². The Hall–Kier alpha value is -0.410. The average molecular weight is 115 g/mol. The van der Waals surface area contributed by atoms with Gasteiger partial charge in [-0.05, 0) is 0 Å². The number of hydrogen-bond acceptors (Lipinski definition) is 3. The first-order chi connectivity index (χ1) is 3.80. The fourth-order valence-electron chi connectivity index (χ4n) is 0.544. The minimum absolute atomic E-state index is 0.303. The second-order valence-corrected chi connectivity index (χ2v) is 1.54. The Balaban J connectivity index is 2.35. The zero-order valence-electron chi connectivity index (χ0n) is 4.42. The summed E-state index contributed by atoms with van der Waals surface area (Å²) in [5.74, 6) is -0.303. The molecule has 3 nitrogen and oxygen atoms in total. The zero-order chi connectivity index (χ0) is 5.98. The maximum atomic E-state index is 10.3. The third-order valence-corrected chi connectivity index (χ3v) is 0.885. The summed E-state index contributed by atoms with van der Waals surface area (Å²) in [4.78, 5) is 10.3. The quantitative estimate of drug-likeness (QED) is 0.473. The minimum atomic E-state index is -0.685. The first-order valence-corrected chi connectivity index (χ1v) is 2.40. The Kier molecular flexibility index (Phi) is 1.60. The number of Topliss-reactive ketones (excluding diaryl/α,β-unsaturated/α-hetero) is 1. The molecular formula is C5H7O3. The molecule has 0 aromatic carbocycles. The summed E-state index contributed by atoms with van der Waals surface area (Å²) in [5, 5.41) is 0. The van der Waals surface area contributed by atoms with Crippen molar-refractivity contribution >= 4 is 5.78 Å². The van der Waals surface area contributed by atoms with Crippen LogP contribution in [0, 0.1) is 6.92 Å². The smallest absolute Gasteiger partial charge is 0.217 e. The number of carbonyl (C=O) groups excluding carboxylic acids is 1.